The number of rotatable bonds is 5. The number of nitrogens with one attached hydrogen (secondary N) is 1. The summed E-state index contributed by atoms with van der Waals surface area (Å²) in [6.45, 7) is 5.52. The molecule has 2 aliphatic rings. The van der Waals surface area contributed by atoms with Crippen molar-refractivity contribution in [3.8, 4) is 0 Å². The Balaban J connectivity index is 1.45. The molecule has 0 saturated carbocycles. The number of nitrogens with zero attached hydrogens (tertiary/aromatic N) is 1. The minimum Gasteiger partial charge on any atom is -0.369 e. The average molecular weight is 359 g/mol. The molecule has 0 aromatic heterocycles. The molecule has 2 aliphatic heterocycles. The second kappa shape index (κ2) is 8.67. The Labute approximate surface area is 156 Å². The van der Waals surface area contributed by atoms with Crippen molar-refractivity contribution in [3.63, 3.8) is 0 Å². The van der Waals surface area contributed by atoms with Gasteiger partial charge in [-0.05, 0) is 37.7 Å². The van der Waals surface area contributed by atoms with Crippen molar-refractivity contribution >= 4 is 11.8 Å². The second-order valence-electron chi connectivity index (χ2n) is 8.01. The number of quaternary nitrogens is 1. The molecule has 2 fully saturated rings. The molecule has 26 heavy (non-hydrogen) atoms. The van der Waals surface area contributed by atoms with Crippen molar-refractivity contribution in [1.82, 2.24) is 4.90 Å². The van der Waals surface area contributed by atoms with Gasteiger partial charge in [-0.25, -0.2) is 0 Å². The Hall–Kier alpha value is -1.88. The summed E-state index contributed by atoms with van der Waals surface area (Å²) in [5, 5.41) is 0. The van der Waals surface area contributed by atoms with Gasteiger partial charge in [0, 0.05) is 31.8 Å². The number of hydrogen-bond acceptors (Lipinski definition) is 2. The van der Waals surface area contributed by atoms with Crippen molar-refractivity contribution in [2.24, 2.45) is 17.6 Å². The van der Waals surface area contributed by atoms with Gasteiger partial charge in [-0.1, -0.05) is 30.3 Å². The van der Waals surface area contributed by atoms with Crippen LogP contribution in [0.4, 0.5) is 0 Å². The van der Waals surface area contributed by atoms with Gasteiger partial charge in [-0.2, -0.15) is 0 Å². The van der Waals surface area contributed by atoms with Gasteiger partial charge in [0.1, 0.15) is 0 Å². The molecule has 1 atom stereocenters. The lowest BCUT2D eigenvalue weighted by atomic mass is 9.90. The van der Waals surface area contributed by atoms with Crippen LogP contribution in [0.1, 0.15) is 38.2 Å². The minimum absolute atomic E-state index is 0.00483. The molecule has 0 aliphatic carbocycles. The van der Waals surface area contributed by atoms with E-state index in [9.17, 15) is 9.59 Å². The third kappa shape index (κ3) is 4.64. The van der Waals surface area contributed by atoms with Crippen LogP contribution >= 0.6 is 0 Å². The summed E-state index contributed by atoms with van der Waals surface area (Å²) in [4.78, 5) is 27.6. The number of primary amides is 1. The Morgan fingerprint density at radius 1 is 1.12 bits per heavy atom. The molecule has 0 bridgehead atoms. The van der Waals surface area contributed by atoms with E-state index in [0.29, 0.717) is 5.92 Å². The van der Waals surface area contributed by atoms with Crippen molar-refractivity contribution < 1.29 is 14.5 Å². The van der Waals surface area contributed by atoms with E-state index in [4.69, 9.17) is 5.73 Å². The van der Waals surface area contributed by atoms with E-state index < -0.39 is 0 Å². The van der Waals surface area contributed by atoms with Crippen LogP contribution in [0.25, 0.3) is 0 Å². The maximum atomic E-state index is 12.9. The minimum atomic E-state index is -0.191. The monoisotopic (exact) mass is 358 g/mol. The number of hydrogen-bond donors (Lipinski definition) is 2. The van der Waals surface area contributed by atoms with Gasteiger partial charge in [0.05, 0.1) is 13.1 Å². The second-order valence-corrected chi connectivity index (χ2v) is 8.01. The van der Waals surface area contributed by atoms with Crippen LogP contribution in [0.2, 0.25) is 0 Å². The first-order valence-electron chi connectivity index (χ1n) is 10.0. The summed E-state index contributed by atoms with van der Waals surface area (Å²) in [6.07, 6.45) is 4.91. The zero-order valence-electron chi connectivity index (χ0n) is 15.8. The molecule has 3 N–H and O–H groups in total. The quantitative estimate of drug-likeness (QED) is 0.811. The summed E-state index contributed by atoms with van der Waals surface area (Å²) < 4.78 is 0. The number of nitrogens with two attached hydrogens (primary N) is 1. The van der Waals surface area contributed by atoms with Crippen molar-refractivity contribution in [1.29, 1.82) is 0 Å². The summed E-state index contributed by atoms with van der Waals surface area (Å²) in [5.41, 5.74) is 6.81. The standard InChI is InChI=1S/C21H31N3O2/c1-16(23-13-9-19(10-14-23)20(22)25)21(26)24-11-7-18(8-12-24)15-17-5-3-2-4-6-17/h2-6,16,18-19H,7-15H2,1H3,(H2,22,25)/p+1/t16-/m0/s1. The fourth-order valence-electron chi connectivity index (χ4n) is 4.46. The molecule has 0 radical (unpaired) electrons. The van der Waals surface area contributed by atoms with Crippen LogP contribution in [-0.2, 0) is 16.0 Å². The van der Waals surface area contributed by atoms with Crippen LogP contribution in [0, 0.1) is 11.8 Å². The van der Waals surface area contributed by atoms with Gasteiger partial charge >= 0.3 is 0 Å². The van der Waals surface area contributed by atoms with Gasteiger partial charge in [0.25, 0.3) is 5.91 Å². The highest BCUT2D eigenvalue weighted by Gasteiger charge is 2.35. The molecule has 1 aromatic rings. The molecule has 5 nitrogen and oxygen atoms in total. The molecular formula is C21H32N3O2+. The first-order chi connectivity index (χ1) is 12.5. The van der Waals surface area contributed by atoms with Crippen LogP contribution in [0.5, 0.6) is 0 Å². The normalized spacial score (nSPS) is 25.7. The third-order valence-corrected chi connectivity index (χ3v) is 6.31. The molecule has 2 amide bonds. The molecule has 5 heteroatoms. The lowest BCUT2D eigenvalue weighted by Crippen LogP contribution is -3.17. The highest BCUT2D eigenvalue weighted by atomic mass is 16.2. The Morgan fingerprint density at radius 3 is 2.31 bits per heavy atom. The Morgan fingerprint density at radius 2 is 1.73 bits per heavy atom. The van der Waals surface area contributed by atoms with Crippen LogP contribution < -0.4 is 10.6 Å². The van der Waals surface area contributed by atoms with Crippen LogP contribution in [-0.4, -0.2) is 48.9 Å². The molecule has 2 heterocycles. The predicted molar refractivity (Wildman–Crippen MR) is 102 cm³/mol. The van der Waals surface area contributed by atoms with Gasteiger partial charge in [0.2, 0.25) is 5.91 Å². The van der Waals surface area contributed by atoms with Gasteiger partial charge in [0.15, 0.2) is 6.04 Å². The van der Waals surface area contributed by atoms with Crippen molar-refractivity contribution in [2.75, 3.05) is 26.2 Å². The maximum absolute atomic E-state index is 12.9. The highest BCUT2D eigenvalue weighted by Crippen LogP contribution is 2.22. The van der Waals surface area contributed by atoms with Gasteiger partial charge in [-0.15, -0.1) is 0 Å². The molecule has 1 aromatic carbocycles. The Bertz CT molecular complexity index is 603. The number of carbonyl (C=O) groups excluding carboxylic acids is 2. The lowest BCUT2D eigenvalue weighted by molar-refractivity contribution is -0.920. The molecule has 0 spiro atoms. The van der Waals surface area contributed by atoms with Gasteiger partial charge < -0.3 is 15.5 Å². The summed E-state index contributed by atoms with van der Waals surface area (Å²) in [5.74, 6) is 0.754. The predicted octanol–water partition coefficient (Wildman–Crippen LogP) is 0.636. The fourth-order valence-corrected chi connectivity index (χ4v) is 4.46. The van der Waals surface area contributed by atoms with Crippen molar-refractivity contribution in [2.45, 2.75) is 45.1 Å². The summed E-state index contributed by atoms with van der Waals surface area (Å²) in [6, 6.07) is 10.6. The van der Waals surface area contributed by atoms with Crippen LogP contribution in [0.3, 0.4) is 0 Å². The molecule has 3 rings (SSSR count). The smallest absolute Gasteiger partial charge is 0.280 e. The topological polar surface area (TPSA) is 67.8 Å². The highest BCUT2D eigenvalue weighted by molar-refractivity contribution is 5.80. The third-order valence-electron chi connectivity index (χ3n) is 6.31. The number of benzene rings is 1. The van der Waals surface area contributed by atoms with E-state index in [1.807, 2.05) is 6.92 Å². The zero-order valence-corrected chi connectivity index (χ0v) is 15.8. The first kappa shape index (κ1) is 18.9. The number of carbonyl (C=O) groups is 2. The van der Waals surface area contributed by atoms with Crippen LogP contribution in [0.15, 0.2) is 30.3 Å². The van der Waals surface area contributed by atoms with E-state index in [1.165, 1.54) is 10.5 Å². The summed E-state index contributed by atoms with van der Waals surface area (Å²) >= 11 is 0. The molecule has 142 valence electrons. The molecule has 0 unspecified atom stereocenters. The largest absolute Gasteiger partial charge is 0.369 e. The SMILES string of the molecule is C[C@@H](C(=O)N1CCC(Cc2ccccc2)CC1)[NH+]1CCC(C(N)=O)CC1. The van der Waals surface area contributed by atoms with E-state index in [1.54, 1.807) is 0 Å². The summed E-state index contributed by atoms with van der Waals surface area (Å²) in [7, 11) is 0. The van der Waals surface area contributed by atoms with Crippen molar-refractivity contribution in [3.05, 3.63) is 35.9 Å². The van der Waals surface area contributed by atoms with E-state index in [-0.39, 0.29) is 23.8 Å². The van der Waals surface area contributed by atoms with Gasteiger partial charge in [-0.3, -0.25) is 9.59 Å². The molecular weight excluding hydrogens is 326 g/mol. The maximum Gasteiger partial charge on any atom is 0.280 e. The zero-order chi connectivity index (χ0) is 18.5. The Kier molecular flexibility index (Phi) is 6.30. The van der Waals surface area contributed by atoms with E-state index in [0.717, 1.165) is 58.3 Å². The van der Waals surface area contributed by atoms with E-state index in [2.05, 4.69) is 35.2 Å². The fraction of sp³-hybridized carbons (Fsp3) is 0.619. The first-order valence-corrected chi connectivity index (χ1v) is 10.0. The number of likely N-dealkylation sites (tertiary alicyclic amines) is 2. The number of piperidine rings is 2. The lowest BCUT2D eigenvalue weighted by Gasteiger charge is -2.37. The van der Waals surface area contributed by atoms with E-state index >= 15 is 0 Å². The number of amides is 2. The average Bonchev–Trinajstić information content (AvgIpc) is 2.68. The molecule has 2 saturated heterocycles.